The fourth-order valence-corrected chi connectivity index (χ4v) is 3.37. The summed E-state index contributed by atoms with van der Waals surface area (Å²) in [6.07, 6.45) is 3.24. The molecule has 3 nitrogen and oxygen atoms in total. The van der Waals surface area contributed by atoms with Gasteiger partial charge in [0.2, 0.25) is 5.91 Å². The van der Waals surface area contributed by atoms with Crippen LogP contribution in [0.5, 0.6) is 0 Å². The van der Waals surface area contributed by atoms with Crippen LogP contribution in [0.25, 0.3) is 0 Å². The van der Waals surface area contributed by atoms with Crippen molar-refractivity contribution in [3.8, 4) is 0 Å². The molecular formula is C17H34N2O. The van der Waals surface area contributed by atoms with Crippen LogP contribution in [0.2, 0.25) is 0 Å². The van der Waals surface area contributed by atoms with Gasteiger partial charge in [0, 0.05) is 6.04 Å². The average Bonchev–Trinajstić information content (AvgIpc) is 2.57. The van der Waals surface area contributed by atoms with Gasteiger partial charge in [-0.15, -0.1) is 0 Å². The summed E-state index contributed by atoms with van der Waals surface area (Å²) in [7, 11) is 0. The van der Waals surface area contributed by atoms with E-state index in [0.717, 1.165) is 19.3 Å². The van der Waals surface area contributed by atoms with Gasteiger partial charge in [-0.25, -0.2) is 0 Å². The third-order valence-electron chi connectivity index (χ3n) is 4.23. The van der Waals surface area contributed by atoms with Crippen LogP contribution in [0.3, 0.4) is 0 Å². The predicted octanol–water partition coefficient (Wildman–Crippen LogP) is 3.64. The highest BCUT2D eigenvalue weighted by molar-refractivity contribution is 5.84. The molecule has 1 amide bonds. The lowest BCUT2D eigenvalue weighted by Gasteiger charge is -2.35. The third kappa shape index (κ3) is 4.21. The molecule has 0 radical (unpaired) electrons. The third-order valence-corrected chi connectivity index (χ3v) is 4.23. The summed E-state index contributed by atoms with van der Waals surface area (Å²) in [5.74, 6) is 1.99. The first kappa shape index (κ1) is 17.5. The molecule has 3 heteroatoms. The average molecular weight is 282 g/mol. The lowest BCUT2D eigenvalue weighted by atomic mass is 9.97. The van der Waals surface area contributed by atoms with E-state index in [-0.39, 0.29) is 12.2 Å². The van der Waals surface area contributed by atoms with Crippen LogP contribution in [-0.2, 0) is 4.79 Å². The van der Waals surface area contributed by atoms with Crippen molar-refractivity contribution in [1.82, 2.24) is 10.2 Å². The Morgan fingerprint density at radius 3 is 2.00 bits per heavy atom. The number of carbonyl (C=O) groups is 1. The lowest BCUT2D eigenvalue weighted by Crippen LogP contribution is -2.47. The Balaban J connectivity index is 2.92. The van der Waals surface area contributed by atoms with Crippen molar-refractivity contribution in [3.63, 3.8) is 0 Å². The number of carbonyl (C=O) groups excluding carboxylic acids is 1. The molecule has 1 rings (SSSR count). The molecule has 0 aromatic carbocycles. The summed E-state index contributed by atoms with van der Waals surface area (Å²) < 4.78 is 0. The van der Waals surface area contributed by atoms with Gasteiger partial charge in [-0.2, -0.15) is 0 Å². The standard InChI is InChI=1S/C17H34N2O/c1-8-15(13(6)7)19-16(10-12(4)5)18-14(17(19)20)9-11(2)3/h11-16,18H,8-10H2,1-7H3. The number of hydrogen-bond donors (Lipinski definition) is 1. The van der Waals surface area contributed by atoms with Gasteiger partial charge >= 0.3 is 0 Å². The maximum Gasteiger partial charge on any atom is 0.241 e. The normalized spacial score (nSPS) is 25.3. The minimum atomic E-state index is 0.0200. The molecule has 1 aliphatic rings. The van der Waals surface area contributed by atoms with E-state index in [0.29, 0.717) is 29.7 Å². The molecule has 0 aromatic heterocycles. The predicted molar refractivity (Wildman–Crippen MR) is 85.4 cm³/mol. The van der Waals surface area contributed by atoms with Crippen molar-refractivity contribution in [2.45, 2.75) is 86.0 Å². The quantitative estimate of drug-likeness (QED) is 0.773. The molecule has 20 heavy (non-hydrogen) atoms. The molecule has 0 saturated carbocycles. The van der Waals surface area contributed by atoms with Gasteiger partial charge in [0.05, 0.1) is 12.2 Å². The summed E-state index contributed by atoms with van der Waals surface area (Å²) in [6, 6.07) is 0.377. The molecule has 0 aliphatic carbocycles. The van der Waals surface area contributed by atoms with Gasteiger partial charge < -0.3 is 4.90 Å². The molecule has 3 unspecified atom stereocenters. The van der Waals surface area contributed by atoms with E-state index in [9.17, 15) is 4.79 Å². The Labute approximate surface area is 125 Å². The number of amides is 1. The number of nitrogens with zero attached hydrogens (tertiary/aromatic N) is 1. The molecule has 0 spiro atoms. The van der Waals surface area contributed by atoms with Crippen LogP contribution in [0.15, 0.2) is 0 Å². The highest BCUT2D eigenvalue weighted by atomic mass is 16.2. The zero-order valence-corrected chi connectivity index (χ0v) is 14.4. The summed E-state index contributed by atoms with van der Waals surface area (Å²) in [5.41, 5.74) is 0. The monoisotopic (exact) mass is 282 g/mol. The van der Waals surface area contributed by atoms with E-state index in [4.69, 9.17) is 0 Å². The Morgan fingerprint density at radius 2 is 1.60 bits per heavy atom. The van der Waals surface area contributed by atoms with Crippen molar-refractivity contribution in [1.29, 1.82) is 0 Å². The molecule has 0 bridgehead atoms. The van der Waals surface area contributed by atoms with Crippen LogP contribution < -0.4 is 5.32 Å². The lowest BCUT2D eigenvalue weighted by molar-refractivity contribution is -0.133. The summed E-state index contributed by atoms with van der Waals surface area (Å²) in [5, 5.41) is 3.60. The SMILES string of the molecule is CCC(C(C)C)N1C(=O)C(CC(C)C)NC1CC(C)C. The van der Waals surface area contributed by atoms with E-state index in [2.05, 4.69) is 58.7 Å². The maximum absolute atomic E-state index is 12.8. The molecule has 1 aliphatic heterocycles. The molecule has 0 aromatic rings. The number of rotatable bonds is 7. The second kappa shape index (κ2) is 7.44. The Bertz CT molecular complexity index is 312. The van der Waals surface area contributed by atoms with E-state index >= 15 is 0 Å². The highest BCUT2D eigenvalue weighted by Crippen LogP contribution is 2.27. The molecule has 1 heterocycles. The first-order valence-electron chi connectivity index (χ1n) is 8.36. The largest absolute Gasteiger partial charge is 0.323 e. The molecule has 1 fully saturated rings. The van der Waals surface area contributed by atoms with Crippen molar-refractivity contribution in [2.75, 3.05) is 0 Å². The Kier molecular flexibility index (Phi) is 6.50. The Morgan fingerprint density at radius 1 is 1.05 bits per heavy atom. The number of nitrogens with one attached hydrogen (secondary N) is 1. The van der Waals surface area contributed by atoms with E-state index < -0.39 is 0 Å². The van der Waals surface area contributed by atoms with E-state index in [1.165, 1.54) is 0 Å². The first-order chi connectivity index (χ1) is 9.27. The maximum atomic E-state index is 12.8. The zero-order valence-electron chi connectivity index (χ0n) is 14.4. The van der Waals surface area contributed by atoms with Crippen LogP contribution >= 0.6 is 0 Å². The number of hydrogen-bond acceptors (Lipinski definition) is 2. The minimum absolute atomic E-state index is 0.0200. The van der Waals surface area contributed by atoms with Crippen LogP contribution in [0.1, 0.15) is 67.7 Å². The first-order valence-corrected chi connectivity index (χ1v) is 8.36. The van der Waals surface area contributed by atoms with Crippen molar-refractivity contribution >= 4 is 5.91 Å². The van der Waals surface area contributed by atoms with E-state index in [1.807, 2.05) is 0 Å². The summed E-state index contributed by atoms with van der Waals surface area (Å²) in [4.78, 5) is 15.0. The second-order valence-electron chi connectivity index (χ2n) is 7.46. The fraction of sp³-hybridized carbons (Fsp3) is 0.941. The zero-order chi connectivity index (χ0) is 15.4. The van der Waals surface area contributed by atoms with Crippen molar-refractivity contribution in [2.24, 2.45) is 17.8 Å². The van der Waals surface area contributed by atoms with Crippen molar-refractivity contribution in [3.05, 3.63) is 0 Å². The van der Waals surface area contributed by atoms with Gasteiger partial charge in [-0.05, 0) is 37.0 Å². The molecule has 3 atom stereocenters. The van der Waals surface area contributed by atoms with Crippen molar-refractivity contribution < 1.29 is 4.79 Å². The molecule has 1 saturated heterocycles. The van der Waals surface area contributed by atoms with Crippen LogP contribution in [-0.4, -0.2) is 29.1 Å². The van der Waals surface area contributed by atoms with Gasteiger partial charge in [0.1, 0.15) is 0 Å². The van der Waals surface area contributed by atoms with Crippen LogP contribution in [0.4, 0.5) is 0 Å². The Hall–Kier alpha value is -0.570. The topological polar surface area (TPSA) is 32.3 Å². The summed E-state index contributed by atoms with van der Waals surface area (Å²) in [6.45, 7) is 15.5. The highest BCUT2D eigenvalue weighted by Gasteiger charge is 2.42. The molecular weight excluding hydrogens is 248 g/mol. The summed E-state index contributed by atoms with van der Waals surface area (Å²) >= 11 is 0. The molecule has 1 N–H and O–H groups in total. The fourth-order valence-electron chi connectivity index (χ4n) is 3.37. The molecule has 118 valence electrons. The van der Waals surface area contributed by atoms with E-state index in [1.54, 1.807) is 0 Å². The van der Waals surface area contributed by atoms with Gasteiger partial charge in [0.25, 0.3) is 0 Å². The second-order valence-corrected chi connectivity index (χ2v) is 7.46. The minimum Gasteiger partial charge on any atom is -0.323 e. The van der Waals surface area contributed by atoms with Gasteiger partial charge in [-0.3, -0.25) is 10.1 Å². The smallest absolute Gasteiger partial charge is 0.241 e. The van der Waals surface area contributed by atoms with Gasteiger partial charge in [0.15, 0.2) is 0 Å². The van der Waals surface area contributed by atoms with Gasteiger partial charge in [-0.1, -0.05) is 48.5 Å². The van der Waals surface area contributed by atoms with Crippen LogP contribution in [0, 0.1) is 17.8 Å².